The van der Waals surface area contributed by atoms with Crippen molar-refractivity contribution < 1.29 is 18.8 Å². The smallest absolute Gasteiger partial charge is 0.324 e. The van der Waals surface area contributed by atoms with Gasteiger partial charge >= 0.3 is 6.03 Å². The number of amides is 3. The lowest BCUT2D eigenvalue weighted by molar-refractivity contribution is 0.102. The molecule has 0 radical (unpaired) electrons. The molecular weight excluding hydrogens is 512 g/mol. The monoisotopic (exact) mass is 548 g/mol. The molecule has 2 aliphatic rings. The Kier molecular flexibility index (Phi) is 8.15. The lowest BCUT2D eigenvalue weighted by atomic mass is 9.93. The molecule has 0 saturated carbocycles. The van der Waals surface area contributed by atoms with Gasteiger partial charge < -0.3 is 29.7 Å². The molecule has 0 aliphatic carbocycles. The first kappa shape index (κ1) is 27.4. The van der Waals surface area contributed by atoms with Crippen LogP contribution in [0.3, 0.4) is 0 Å². The number of hydrogen-bond acceptors (Lipinski definition) is 9. The van der Waals surface area contributed by atoms with Crippen molar-refractivity contribution in [1.29, 1.82) is 0 Å². The Bertz CT molecular complexity index is 1290. The molecule has 3 aromatic rings. The average molecular weight is 549 g/mol. The molecule has 2 saturated heterocycles. The number of urea groups is 1. The van der Waals surface area contributed by atoms with E-state index in [9.17, 15) is 9.59 Å². The van der Waals surface area contributed by atoms with Crippen LogP contribution in [0.5, 0.6) is 0 Å². The van der Waals surface area contributed by atoms with Crippen molar-refractivity contribution in [2.45, 2.75) is 45.4 Å². The summed E-state index contributed by atoms with van der Waals surface area (Å²) in [6, 6.07) is 9.84. The quantitative estimate of drug-likeness (QED) is 0.407. The van der Waals surface area contributed by atoms with Crippen LogP contribution < -0.4 is 25.8 Å². The highest BCUT2D eigenvalue weighted by Gasteiger charge is 2.22. The standard InChI is InChI=1S/C28H36N8O4/c1-28(2,3)22-18-23(34-40-22)32-27(38)30-20-9-7-19(8-10-20)29-25(37)21-17-24(35-13-15-39-16-14-35)33-26(31-21)36-11-5-4-6-12-36/h7-10,17-18H,4-6,11-16H2,1-3H3,(H,29,37)(H2,30,32,34,38). The van der Waals surface area contributed by atoms with E-state index >= 15 is 0 Å². The minimum Gasteiger partial charge on any atom is -0.378 e. The fourth-order valence-electron chi connectivity index (χ4n) is 4.53. The Morgan fingerprint density at radius 3 is 2.15 bits per heavy atom. The first-order valence-electron chi connectivity index (χ1n) is 13.7. The lowest BCUT2D eigenvalue weighted by Gasteiger charge is -2.31. The SMILES string of the molecule is CC(C)(C)c1cc(NC(=O)Nc2ccc(NC(=O)c3cc(N4CCOCC4)nc(N4CCCCC4)n3)cc2)no1. The van der Waals surface area contributed by atoms with Crippen molar-refractivity contribution in [2.75, 3.05) is 65.1 Å². The van der Waals surface area contributed by atoms with E-state index in [0.717, 1.165) is 31.7 Å². The molecule has 40 heavy (non-hydrogen) atoms. The molecular formula is C28H36N8O4. The molecule has 0 atom stereocenters. The molecule has 12 heteroatoms. The lowest BCUT2D eigenvalue weighted by Crippen LogP contribution is -2.38. The summed E-state index contributed by atoms with van der Waals surface area (Å²) in [5.74, 6) is 2.00. The van der Waals surface area contributed by atoms with Crippen molar-refractivity contribution >= 4 is 40.9 Å². The van der Waals surface area contributed by atoms with E-state index in [1.54, 1.807) is 36.4 Å². The number of nitrogens with zero attached hydrogens (tertiary/aromatic N) is 5. The minimum atomic E-state index is -0.451. The van der Waals surface area contributed by atoms with Gasteiger partial charge in [-0.25, -0.2) is 9.78 Å². The van der Waals surface area contributed by atoms with E-state index in [4.69, 9.17) is 14.2 Å². The van der Waals surface area contributed by atoms with Crippen LogP contribution in [0.2, 0.25) is 0 Å². The Morgan fingerprint density at radius 1 is 0.825 bits per heavy atom. The van der Waals surface area contributed by atoms with Crippen molar-refractivity contribution in [3.05, 3.63) is 47.9 Å². The molecule has 5 rings (SSSR count). The molecule has 3 N–H and O–H groups in total. The second-order valence-electron chi connectivity index (χ2n) is 11.0. The molecule has 0 bridgehead atoms. The number of carbonyl (C=O) groups is 2. The maximum absolute atomic E-state index is 13.3. The summed E-state index contributed by atoms with van der Waals surface area (Å²) in [7, 11) is 0. The number of hydrogen-bond donors (Lipinski definition) is 3. The van der Waals surface area contributed by atoms with Gasteiger partial charge in [-0.15, -0.1) is 0 Å². The van der Waals surface area contributed by atoms with Gasteiger partial charge in [0.1, 0.15) is 17.3 Å². The van der Waals surface area contributed by atoms with Crippen LogP contribution in [-0.4, -0.2) is 66.5 Å². The summed E-state index contributed by atoms with van der Waals surface area (Å²) in [6.45, 7) is 10.4. The average Bonchev–Trinajstić information content (AvgIpc) is 3.44. The molecule has 212 valence electrons. The van der Waals surface area contributed by atoms with E-state index in [0.29, 0.717) is 60.9 Å². The predicted molar refractivity (Wildman–Crippen MR) is 153 cm³/mol. The molecule has 12 nitrogen and oxygen atoms in total. The van der Waals surface area contributed by atoms with Gasteiger partial charge in [0.2, 0.25) is 5.95 Å². The number of carbonyl (C=O) groups excluding carboxylic acids is 2. The van der Waals surface area contributed by atoms with E-state index < -0.39 is 6.03 Å². The molecule has 3 amide bonds. The molecule has 4 heterocycles. The van der Waals surface area contributed by atoms with E-state index in [-0.39, 0.29) is 11.3 Å². The van der Waals surface area contributed by atoms with Gasteiger partial charge in [0.15, 0.2) is 5.82 Å². The van der Waals surface area contributed by atoms with Gasteiger partial charge in [0, 0.05) is 55.1 Å². The highest BCUT2D eigenvalue weighted by atomic mass is 16.5. The maximum atomic E-state index is 13.3. The van der Waals surface area contributed by atoms with Crippen LogP contribution in [0, 0.1) is 0 Å². The fourth-order valence-corrected chi connectivity index (χ4v) is 4.53. The molecule has 0 unspecified atom stereocenters. The first-order chi connectivity index (χ1) is 19.2. The summed E-state index contributed by atoms with van der Waals surface area (Å²) < 4.78 is 10.8. The van der Waals surface area contributed by atoms with Crippen LogP contribution >= 0.6 is 0 Å². The van der Waals surface area contributed by atoms with Crippen molar-refractivity contribution in [3.8, 4) is 0 Å². The first-order valence-corrected chi connectivity index (χ1v) is 13.7. The molecule has 0 spiro atoms. The zero-order valence-corrected chi connectivity index (χ0v) is 23.2. The van der Waals surface area contributed by atoms with Gasteiger partial charge in [-0.2, -0.15) is 4.98 Å². The summed E-state index contributed by atoms with van der Waals surface area (Å²) >= 11 is 0. The third-order valence-electron chi connectivity index (χ3n) is 6.80. The topological polar surface area (TPSA) is 138 Å². The summed E-state index contributed by atoms with van der Waals surface area (Å²) in [4.78, 5) is 39.4. The number of nitrogens with one attached hydrogen (secondary N) is 3. The van der Waals surface area contributed by atoms with E-state index in [1.165, 1.54) is 6.42 Å². The maximum Gasteiger partial charge on any atom is 0.324 e. The van der Waals surface area contributed by atoms with Crippen LogP contribution in [0.25, 0.3) is 0 Å². The van der Waals surface area contributed by atoms with Crippen molar-refractivity contribution in [1.82, 2.24) is 15.1 Å². The van der Waals surface area contributed by atoms with Gasteiger partial charge in [-0.3, -0.25) is 10.1 Å². The molecule has 2 fully saturated rings. The minimum absolute atomic E-state index is 0.214. The Hall–Kier alpha value is -4.19. The molecule has 2 aromatic heterocycles. The highest BCUT2D eigenvalue weighted by Crippen LogP contribution is 2.25. The second-order valence-corrected chi connectivity index (χ2v) is 11.0. The largest absolute Gasteiger partial charge is 0.378 e. The third-order valence-corrected chi connectivity index (χ3v) is 6.80. The number of benzene rings is 1. The predicted octanol–water partition coefficient (Wildman–Crippen LogP) is 4.49. The zero-order valence-electron chi connectivity index (χ0n) is 23.2. The fraction of sp³-hybridized carbons (Fsp3) is 0.464. The summed E-state index contributed by atoms with van der Waals surface area (Å²) in [5.41, 5.74) is 1.22. The molecule has 1 aromatic carbocycles. The van der Waals surface area contributed by atoms with Gasteiger partial charge in [0.25, 0.3) is 5.91 Å². The van der Waals surface area contributed by atoms with Gasteiger partial charge in [0.05, 0.1) is 13.2 Å². The zero-order chi connectivity index (χ0) is 28.1. The number of ether oxygens (including phenoxy) is 1. The van der Waals surface area contributed by atoms with Gasteiger partial charge in [-0.05, 0) is 43.5 Å². The number of piperidine rings is 1. The number of morpholine rings is 1. The van der Waals surface area contributed by atoms with Crippen LogP contribution in [0.15, 0.2) is 40.9 Å². The third kappa shape index (κ3) is 6.87. The summed E-state index contributed by atoms with van der Waals surface area (Å²) in [6.07, 6.45) is 3.36. The second kappa shape index (κ2) is 11.9. The van der Waals surface area contributed by atoms with Crippen molar-refractivity contribution in [3.63, 3.8) is 0 Å². The van der Waals surface area contributed by atoms with Crippen LogP contribution in [-0.2, 0) is 10.2 Å². The number of rotatable bonds is 6. The Labute approximate surface area is 233 Å². The van der Waals surface area contributed by atoms with Gasteiger partial charge in [-0.1, -0.05) is 25.9 Å². The van der Waals surface area contributed by atoms with Crippen LogP contribution in [0.1, 0.15) is 56.3 Å². The Balaban J connectivity index is 1.24. The molecule has 2 aliphatic heterocycles. The van der Waals surface area contributed by atoms with E-state index in [1.807, 2.05) is 20.8 Å². The Morgan fingerprint density at radius 2 is 1.50 bits per heavy atom. The van der Waals surface area contributed by atoms with E-state index in [2.05, 4.69) is 35.9 Å². The normalized spacial score (nSPS) is 16.0. The number of aromatic nitrogens is 3. The number of anilines is 5. The highest BCUT2D eigenvalue weighted by molar-refractivity contribution is 6.04. The van der Waals surface area contributed by atoms with Crippen molar-refractivity contribution in [2.24, 2.45) is 0 Å². The summed E-state index contributed by atoms with van der Waals surface area (Å²) in [5, 5.41) is 12.2. The van der Waals surface area contributed by atoms with Crippen LogP contribution in [0.4, 0.5) is 33.8 Å².